The SMILES string of the molecule is COc1cc(/C=C/c2cc(C(=O)O)ncn2)cc2c1OCCO2. The Morgan fingerprint density at radius 3 is 2.83 bits per heavy atom. The van der Waals surface area contributed by atoms with E-state index in [0.29, 0.717) is 36.2 Å². The van der Waals surface area contributed by atoms with E-state index in [1.807, 2.05) is 12.1 Å². The number of ether oxygens (including phenoxy) is 3. The first-order chi connectivity index (χ1) is 11.2. The van der Waals surface area contributed by atoms with Gasteiger partial charge in [-0.25, -0.2) is 14.8 Å². The molecule has 1 aliphatic heterocycles. The number of rotatable bonds is 4. The number of carbonyl (C=O) groups is 1. The van der Waals surface area contributed by atoms with Crippen LogP contribution in [0.2, 0.25) is 0 Å². The third kappa shape index (κ3) is 3.23. The molecule has 2 aromatic rings. The van der Waals surface area contributed by atoms with E-state index in [-0.39, 0.29) is 5.69 Å². The topological polar surface area (TPSA) is 90.8 Å². The predicted molar refractivity (Wildman–Crippen MR) is 81.9 cm³/mol. The number of benzene rings is 1. The molecule has 1 aromatic carbocycles. The Morgan fingerprint density at radius 1 is 1.22 bits per heavy atom. The highest BCUT2D eigenvalue weighted by Gasteiger charge is 2.17. The van der Waals surface area contributed by atoms with Gasteiger partial charge in [0.05, 0.1) is 12.8 Å². The first-order valence-electron chi connectivity index (χ1n) is 6.88. The third-order valence-electron chi connectivity index (χ3n) is 3.20. The second kappa shape index (κ2) is 6.35. The van der Waals surface area contributed by atoms with Gasteiger partial charge in [-0.05, 0) is 29.8 Å². The van der Waals surface area contributed by atoms with Crippen molar-refractivity contribution >= 4 is 18.1 Å². The summed E-state index contributed by atoms with van der Waals surface area (Å²) in [4.78, 5) is 18.6. The highest BCUT2D eigenvalue weighted by Crippen LogP contribution is 2.40. The molecule has 0 spiro atoms. The van der Waals surface area contributed by atoms with Gasteiger partial charge >= 0.3 is 5.97 Å². The molecule has 1 aliphatic rings. The minimum atomic E-state index is -1.09. The van der Waals surface area contributed by atoms with Crippen LogP contribution in [0.15, 0.2) is 24.5 Å². The average Bonchev–Trinajstić information content (AvgIpc) is 2.59. The van der Waals surface area contributed by atoms with Crippen molar-refractivity contribution in [1.82, 2.24) is 9.97 Å². The Morgan fingerprint density at radius 2 is 2.04 bits per heavy atom. The molecule has 0 amide bonds. The fourth-order valence-electron chi connectivity index (χ4n) is 2.15. The quantitative estimate of drug-likeness (QED) is 0.924. The fraction of sp³-hybridized carbons (Fsp3) is 0.188. The molecule has 2 heterocycles. The lowest BCUT2D eigenvalue weighted by molar-refractivity contribution is 0.0690. The van der Waals surface area contributed by atoms with Crippen LogP contribution in [-0.4, -0.2) is 41.4 Å². The van der Waals surface area contributed by atoms with E-state index in [9.17, 15) is 4.79 Å². The molecule has 0 saturated heterocycles. The summed E-state index contributed by atoms with van der Waals surface area (Å²) in [5, 5.41) is 8.93. The first kappa shape index (κ1) is 14.8. The van der Waals surface area contributed by atoms with E-state index >= 15 is 0 Å². The van der Waals surface area contributed by atoms with Gasteiger partial charge in [0, 0.05) is 0 Å². The zero-order valence-corrected chi connectivity index (χ0v) is 12.4. The number of nitrogens with zero attached hydrogens (tertiary/aromatic N) is 2. The van der Waals surface area contributed by atoms with Gasteiger partial charge in [0.15, 0.2) is 17.2 Å². The summed E-state index contributed by atoms with van der Waals surface area (Å²) in [6, 6.07) is 5.03. The van der Waals surface area contributed by atoms with Crippen LogP contribution >= 0.6 is 0 Å². The molecule has 23 heavy (non-hydrogen) atoms. The van der Waals surface area contributed by atoms with Crippen LogP contribution < -0.4 is 14.2 Å². The molecule has 118 valence electrons. The number of aromatic nitrogens is 2. The number of fused-ring (bicyclic) bond motifs is 1. The van der Waals surface area contributed by atoms with Crippen LogP contribution in [0.3, 0.4) is 0 Å². The largest absolute Gasteiger partial charge is 0.493 e. The lowest BCUT2D eigenvalue weighted by Crippen LogP contribution is -2.16. The minimum absolute atomic E-state index is 0.0561. The van der Waals surface area contributed by atoms with Crippen molar-refractivity contribution in [2.75, 3.05) is 20.3 Å². The van der Waals surface area contributed by atoms with Crippen molar-refractivity contribution < 1.29 is 24.1 Å². The highest BCUT2D eigenvalue weighted by atomic mass is 16.6. The van der Waals surface area contributed by atoms with Gasteiger partial charge in [-0.1, -0.05) is 6.08 Å². The maximum absolute atomic E-state index is 10.9. The van der Waals surface area contributed by atoms with Gasteiger partial charge in [-0.3, -0.25) is 0 Å². The summed E-state index contributed by atoms with van der Waals surface area (Å²) in [7, 11) is 1.56. The molecular weight excluding hydrogens is 300 g/mol. The first-order valence-corrected chi connectivity index (χ1v) is 6.88. The van der Waals surface area contributed by atoms with Crippen LogP contribution in [0.25, 0.3) is 12.2 Å². The molecule has 7 nitrogen and oxygen atoms in total. The number of carboxylic acids is 1. The predicted octanol–water partition coefficient (Wildman–Crippen LogP) is 2.12. The second-order valence-electron chi connectivity index (χ2n) is 4.71. The molecular formula is C16H14N2O5. The molecule has 1 aromatic heterocycles. The molecule has 0 aliphatic carbocycles. The molecule has 7 heteroatoms. The molecule has 0 saturated carbocycles. The number of hydrogen-bond acceptors (Lipinski definition) is 6. The van der Waals surface area contributed by atoms with E-state index in [1.54, 1.807) is 19.3 Å². The van der Waals surface area contributed by atoms with Crippen LogP contribution in [0.5, 0.6) is 17.2 Å². The standard InChI is InChI=1S/C16H14N2O5/c1-21-13-6-10(7-14-15(13)23-5-4-22-14)2-3-11-8-12(16(19)20)18-9-17-11/h2-3,6-9H,4-5H2,1H3,(H,19,20)/b3-2+. The van der Waals surface area contributed by atoms with Gasteiger partial charge in [0.2, 0.25) is 5.75 Å². The summed E-state index contributed by atoms with van der Waals surface area (Å²) < 4.78 is 16.4. The monoisotopic (exact) mass is 314 g/mol. The van der Waals surface area contributed by atoms with E-state index in [1.165, 1.54) is 12.4 Å². The smallest absolute Gasteiger partial charge is 0.354 e. The van der Waals surface area contributed by atoms with Crippen molar-refractivity contribution in [2.24, 2.45) is 0 Å². The lowest BCUT2D eigenvalue weighted by atomic mass is 10.1. The Hall–Kier alpha value is -3.09. The van der Waals surface area contributed by atoms with Crippen molar-refractivity contribution in [3.05, 3.63) is 41.5 Å². The number of hydrogen-bond donors (Lipinski definition) is 1. The normalized spacial score (nSPS) is 13.1. The zero-order valence-electron chi connectivity index (χ0n) is 12.4. The molecule has 3 rings (SSSR count). The van der Waals surface area contributed by atoms with E-state index in [2.05, 4.69) is 9.97 Å². The molecule has 0 radical (unpaired) electrons. The Kier molecular flexibility index (Phi) is 4.09. The molecule has 0 atom stereocenters. The third-order valence-corrected chi connectivity index (χ3v) is 3.20. The van der Waals surface area contributed by atoms with Crippen molar-refractivity contribution in [3.8, 4) is 17.2 Å². The van der Waals surface area contributed by atoms with Crippen molar-refractivity contribution in [1.29, 1.82) is 0 Å². The molecule has 0 bridgehead atoms. The molecule has 0 unspecified atom stereocenters. The Balaban J connectivity index is 1.90. The summed E-state index contributed by atoms with van der Waals surface area (Å²) in [6.45, 7) is 0.967. The minimum Gasteiger partial charge on any atom is -0.493 e. The number of carboxylic acid groups (broad SMARTS) is 1. The van der Waals surface area contributed by atoms with Gasteiger partial charge in [-0.2, -0.15) is 0 Å². The summed E-state index contributed by atoms with van der Waals surface area (Å²) in [5.41, 5.74) is 1.26. The van der Waals surface area contributed by atoms with Crippen LogP contribution in [0.4, 0.5) is 0 Å². The van der Waals surface area contributed by atoms with Crippen LogP contribution in [0, 0.1) is 0 Å². The van der Waals surface area contributed by atoms with E-state index < -0.39 is 5.97 Å². The molecule has 1 N–H and O–H groups in total. The van der Waals surface area contributed by atoms with E-state index in [0.717, 1.165) is 5.56 Å². The lowest BCUT2D eigenvalue weighted by Gasteiger charge is -2.20. The van der Waals surface area contributed by atoms with Gasteiger partial charge in [-0.15, -0.1) is 0 Å². The van der Waals surface area contributed by atoms with Gasteiger partial charge < -0.3 is 19.3 Å². The second-order valence-corrected chi connectivity index (χ2v) is 4.71. The fourth-order valence-corrected chi connectivity index (χ4v) is 2.15. The summed E-state index contributed by atoms with van der Waals surface area (Å²) in [6.07, 6.45) is 4.70. The van der Waals surface area contributed by atoms with Crippen molar-refractivity contribution in [2.45, 2.75) is 0 Å². The maximum Gasteiger partial charge on any atom is 0.354 e. The van der Waals surface area contributed by atoms with Crippen LogP contribution in [0.1, 0.15) is 21.7 Å². The van der Waals surface area contributed by atoms with Gasteiger partial charge in [0.1, 0.15) is 19.5 Å². The van der Waals surface area contributed by atoms with E-state index in [4.69, 9.17) is 19.3 Å². The Bertz CT molecular complexity index is 756. The maximum atomic E-state index is 10.9. The summed E-state index contributed by atoms with van der Waals surface area (Å²) in [5.74, 6) is 0.689. The number of aromatic carboxylic acids is 1. The number of methoxy groups -OCH3 is 1. The zero-order chi connectivity index (χ0) is 16.2. The highest BCUT2D eigenvalue weighted by molar-refractivity contribution is 5.86. The van der Waals surface area contributed by atoms with Crippen LogP contribution in [-0.2, 0) is 0 Å². The average molecular weight is 314 g/mol. The van der Waals surface area contributed by atoms with Gasteiger partial charge in [0.25, 0.3) is 0 Å². The summed E-state index contributed by atoms with van der Waals surface area (Å²) >= 11 is 0. The molecule has 0 fully saturated rings. The Labute approximate surface area is 132 Å². The van der Waals surface area contributed by atoms with Crippen molar-refractivity contribution in [3.63, 3.8) is 0 Å².